The van der Waals surface area contributed by atoms with Crippen molar-refractivity contribution in [3.05, 3.63) is 49.6 Å². The van der Waals surface area contributed by atoms with Gasteiger partial charge in [-0.1, -0.05) is 68.1 Å². The first-order chi connectivity index (χ1) is 21.6. The van der Waals surface area contributed by atoms with E-state index in [1.54, 1.807) is 26.9 Å². The molecule has 1 spiro atoms. The van der Waals surface area contributed by atoms with Gasteiger partial charge in [-0.25, -0.2) is 0 Å². The zero-order valence-corrected chi connectivity index (χ0v) is 28.8. The number of carbonyl (C=O) groups is 3. The van der Waals surface area contributed by atoms with Crippen LogP contribution in [0.3, 0.4) is 0 Å². The second kappa shape index (κ2) is 15.3. The van der Waals surface area contributed by atoms with Crippen LogP contribution in [0.4, 0.5) is 5.69 Å². The summed E-state index contributed by atoms with van der Waals surface area (Å²) in [7, 11) is 0. The number of aliphatic hydroxyl groups is 1. The number of unbranched alkanes of at least 4 members (excludes halogenated alkanes) is 2. The smallest absolute Gasteiger partial charge is 0.248 e. The van der Waals surface area contributed by atoms with Gasteiger partial charge in [0.25, 0.3) is 0 Å². The maximum absolute atomic E-state index is 14.7. The first kappa shape index (κ1) is 35.2. The molecule has 3 aliphatic rings. The highest BCUT2D eigenvalue weighted by Crippen LogP contribution is 2.61. The summed E-state index contributed by atoms with van der Waals surface area (Å²) in [5.74, 6) is -1.85. The molecular formula is C35H50BrN3O6. The number of anilines is 1. The predicted octanol–water partition coefficient (Wildman–Crippen LogP) is 4.96. The van der Waals surface area contributed by atoms with Crippen molar-refractivity contribution in [2.24, 2.45) is 17.8 Å². The number of alkyl halides is 1. The molecule has 0 aliphatic carbocycles. The molecule has 1 aromatic rings. The van der Waals surface area contributed by atoms with Gasteiger partial charge in [-0.3, -0.25) is 14.4 Å². The summed E-state index contributed by atoms with van der Waals surface area (Å²) >= 11 is 3.79. The van der Waals surface area contributed by atoms with E-state index in [0.29, 0.717) is 44.0 Å². The Labute approximate surface area is 276 Å². The number of amides is 3. The van der Waals surface area contributed by atoms with Crippen molar-refractivity contribution >= 4 is 39.3 Å². The summed E-state index contributed by atoms with van der Waals surface area (Å²) in [4.78, 5) is 48.7. The van der Waals surface area contributed by atoms with Gasteiger partial charge in [0.05, 0.1) is 37.2 Å². The quantitative estimate of drug-likeness (QED) is 0.141. The average Bonchev–Trinajstić information content (AvgIpc) is 3.63. The third-order valence-corrected chi connectivity index (χ3v) is 10.7. The molecule has 3 unspecified atom stereocenters. The van der Waals surface area contributed by atoms with E-state index in [2.05, 4.69) is 36.0 Å². The number of carbonyl (C=O) groups excluding carboxylic acids is 3. The maximum atomic E-state index is 14.7. The predicted molar refractivity (Wildman–Crippen MR) is 179 cm³/mol. The Morgan fingerprint density at radius 2 is 1.84 bits per heavy atom. The van der Waals surface area contributed by atoms with E-state index in [4.69, 9.17) is 9.47 Å². The van der Waals surface area contributed by atoms with Crippen LogP contribution in [0.25, 0.3) is 0 Å². The first-order valence-electron chi connectivity index (χ1n) is 16.4. The minimum absolute atomic E-state index is 0.0790. The molecule has 3 saturated heterocycles. The molecule has 4 rings (SSSR count). The van der Waals surface area contributed by atoms with E-state index in [-0.39, 0.29) is 41.6 Å². The van der Waals surface area contributed by atoms with Crippen LogP contribution in [-0.2, 0) is 19.1 Å². The number of nitrogens with zero attached hydrogens (tertiary/aromatic N) is 3. The molecule has 45 heavy (non-hydrogen) atoms. The molecule has 3 fully saturated rings. The van der Waals surface area contributed by atoms with E-state index >= 15 is 0 Å². The lowest BCUT2D eigenvalue weighted by Crippen LogP contribution is -2.60. The van der Waals surface area contributed by atoms with Gasteiger partial charge in [-0.15, -0.1) is 13.2 Å². The van der Waals surface area contributed by atoms with Crippen molar-refractivity contribution in [1.29, 1.82) is 0 Å². The lowest BCUT2D eigenvalue weighted by molar-refractivity contribution is -0.152. The van der Waals surface area contributed by atoms with Crippen LogP contribution in [0.1, 0.15) is 59.8 Å². The number of hydrogen-bond donors (Lipinski definition) is 1. The number of ether oxygens (including phenoxy) is 2. The fraction of sp³-hybridized carbons (Fsp3) is 0.629. The van der Waals surface area contributed by atoms with E-state index in [9.17, 15) is 19.5 Å². The highest BCUT2D eigenvalue weighted by atomic mass is 79.9. The lowest BCUT2D eigenvalue weighted by atomic mass is 9.70. The third kappa shape index (κ3) is 6.47. The van der Waals surface area contributed by atoms with Gasteiger partial charge in [0.15, 0.2) is 0 Å². The second-order valence-corrected chi connectivity index (χ2v) is 13.7. The molecule has 3 aliphatic heterocycles. The molecule has 3 amide bonds. The standard InChI is InChI=1S/C35H50BrN3O6/c1-7-12-13-20-37(18-8-2)34(43)31-35-21-26(36)30(45-35)28(29(35)33(42)39(31)27(22-40)23(6)10-4)32(41)38(19-9-3)24-14-16-25(17-15-24)44-11-5/h8-9,14-17,23,26-31,40H,2-3,7,10-13,18-22H2,1,4-6H3/t23-,26?,27-,28+,29-,30+,31?,35?/m0/s1. The summed E-state index contributed by atoms with van der Waals surface area (Å²) in [6.45, 7) is 17.1. The molecule has 248 valence electrons. The minimum Gasteiger partial charge on any atom is -0.494 e. The zero-order valence-electron chi connectivity index (χ0n) is 27.2. The largest absolute Gasteiger partial charge is 0.494 e. The number of hydrogen-bond acceptors (Lipinski definition) is 6. The Kier molecular flexibility index (Phi) is 11.9. The Balaban J connectivity index is 1.80. The normalized spacial score (nSPS) is 28.0. The maximum Gasteiger partial charge on any atom is 0.248 e. The monoisotopic (exact) mass is 687 g/mol. The van der Waals surface area contributed by atoms with Crippen LogP contribution < -0.4 is 9.64 Å². The van der Waals surface area contributed by atoms with Gasteiger partial charge in [0.2, 0.25) is 17.7 Å². The lowest BCUT2D eigenvalue weighted by Gasteiger charge is -2.41. The van der Waals surface area contributed by atoms with Gasteiger partial charge >= 0.3 is 0 Å². The topological polar surface area (TPSA) is 99.6 Å². The van der Waals surface area contributed by atoms with Crippen LogP contribution in [0, 0.1) is 17.8 Å². The number of benzene rings is 1. The number of fused-ring (bicyclic) bond motifs is 1. The van der Waals surface area contributed by atoms with Gasteiger partial charge in [0.1, 0.15) is 17.4 Å². The summed E-state index contributed by atoms with van der Waals surface area (Å²) in [5.41, 5.74) is -0.556. The average molecular weight is 689 g/mol. The van der Waals surface area contributed by atoms with Crippen molar-refractivity contribution in [1.82, 2.24) is 9.80 Å². The summed E-state index contributed by atoms with van der Waals surface area (Å²) in [6.07, 6.45) is 6.68. The van der Waals surface area contributed by atoms with Crippen molar-refractivity contribution in [3.8, 4) is 5.75 Å². The Morgan fingerprint density at radius 1 is 1.16 bits per heavy atom. The number of rotatable bonds is 17. The molecular weight excluding hydrogens is 638 g/mol. The Hall–Kier alpha value is -2.69. The van der Waals surface area contributed by atoms with Crippen LogP contribution in [0.15, 0.2) is 49.6 Å². The molecule has 1 N–H and O–H groups in total. The van der Waals surface area contributed by atoms with E-state index in [0.717, 1.165) is 19.3 Å². The highest BCUT2D eigenvalue weighted by Gasteiger charge is 2.77. The van der Waals surface area contributed by atoms with Gasteiger partial charge in [-0.05, 0) is 49.9 Å². The molecule has 0 saturated carbocycles. The van der Waals surface area contributed by atoms with Gasteiger partial charge < -0.3 is 29.3 Å². The van der Waals surface area contributed by atoms with Crippen LogP contribution in [0.2, 0.25) is 0 Å². The fourth-order valence-corrected chi connectivity index (χ4v) is 8.44. The minimum atomic E-state index is -1.21. The number of aliphatic hydroxyl groups excluding tert-OH is 1. The number of likely N-dealkylation sites (tertiary alicyclic amines) is 1. The van der Waals surface area contributed by atoms with E-state index < -0.39 is 35.6 Å². The SMILES string of the molecule is C=CCN(CCCCC)C(=O)C1N([C@@H](CO)[C@@H](C)CC)C(=O)[C@@H]2[C@@H](C(=O)N(CC=C)c3ccc(OCC)cc3)[C@@H]3OC12CC3Br. The summed E-state index contributed by atoms with van der Waals surface area (Å²) in [6, 6.07) is 5.71. The molecule has 2 bridgehead atoms. The van der Waals surface area contributed by atoms with Crippen LogP contribution >= 0.6 is 15.9 Å². The molecule has 8 atom stereocenters. The van der Waals surface area contributed by atoms with Crippen molar-refractivity contribution in [3.63, 3.8) is 0 Å². The van der Waals surface area contributed by atoms with Crippen molar-refractivity contribution in [2.75, 3.05) is 37.7 Å². The molecule has 9 nitrogen and oxygen atoms in total. The number of halogens is 1. The molecule has 10 heteroatoms. The van der Waals surface area contributed by atoms with E-state index in [1.165, 1.54) is 0 Å². The molecule has 0 aromatic heterocycles. The molecule has 0 radical (unpaired) electrons. The summed E-state index contributed by atoms with van der Waals surface area (Å²) in [5, 5.41) is 10.7. The molecule has 3 heterocycles. The van der Waals surface area contributed by atoms with Crippen molar-refractivity contribution in [2.45, 2.75) is 88.4 Å². The second-order valence-electron chi connectivity index (χ2n) is 12.5. The first-order valence-corrected chi connectivity index (χ1v) is 17.4. The highest BCUT2D eigenvalue weighted by molar-refractivity contribution is 9.09. The van der Waals surface area contributed by atoms with Gasteiger partial charge in [-0.2, -0.15) is 0 Å². The Morgan fingerprint density at radius 3 is 2.42 bits per heavy atom. The van der Waals surface area contributed by atoms with Crippen molar-refractivity contribution < 1.29 is 29.0 Å². The summed E-state index contributed by atoms with van der Waals surface area (Å²) < 4.78 is 12.4. The van der Waals surface area contributed by atoms with Gasteiger partial charge in [0, 0.05) is 30.1 Å². The Bertz CT molecular complexity index is 1230. The molecule has 1 aromatic carbocycles. The zero-order chi connectivity index (χ0) is 32.9. The fourth-order valence-electron chi connectivity index (χ4n) is 7.49. The van der Waals surface area contributed by atoms with Crippen LogP contribution in [-0.4, -0.2) is 94.1 Å². The van der Waals surface area contributed by atoms with E-state index in [1.807, 2.05) is 45.0 Å². The van der Waals surface area contributed by atoms with Crippen LogP contribution in [0.5, 0.6) is 5.75 Å². The third-order valence-electron chi connectivity index (χ3n) is 9.82.